The molecule has 0 aliphatic rings. The SMILES string of the molecule is Cc1ccc(C(=O)Nc2ccc(OCCc3csc(SC(C)(C)C(=O)O)n3)cc2)cc1. The number of hydrogen-bond donors (Lipinski definition) is 2. The van der Waals surface area contributed by atoms with Crippen LogP contribution < -0.4 is 10.1 Å². The fraction of sp³-hybridized carbons (Fsp3) is 0.261. The molecule has 2 N–H and O–H groups in total. The average molecular weight is 457 g/mol. The zero-order chi connectivity index (χ0) is 22.4. The van der Waals surface area contributed by atoms with Crippen LogP contribution in [0.5, 0.6) is 5.75 Å². The van der Waals surface area contributed by atoms with Crippen molar-refractivity contribution in [1.82, 2.24) is 4.98 Å². The van der Waals surface area contributed by atoms with Crippen LogP contribution in [0.25, 0.3) is 0 Å². The molecule has 1 heterocycles. The van der Waals surface area contributed by atoms with Crippen LogP contribution >= 0.6 is 23.1 Å². The number of benzene rings is 2. The number of carbonyl (C=O) groups is 2. The van der Waals surface area contributed by atoms with Gasteiger partial charge in [-0.05, 0) is 57.2 Å². The van der Waals surface area contributed by atoms with E-state index in [1.54, 1.807) is 38.1 Å². The minimum Gasteiger partial charge on any atom is -0.493 e. The number of hydrogen-bond acceptors (Lipinski definition) is 6. The highest BCUT2D eigenvalue weighted by atomic mass is 32.2. The van der Waals surface area contributed by atoms with Crippen LogP contribution in [0.4, 0.5) is 5.69 Å². The molecule has 3 rings (SSSR count). The van der Waals surface area contributed by atoms with Crippen molar-refractivity contribution in [3.63, 3.8) is 0 Å². The van der Waals surface area contributed by atoms with Crippen molar-refractivity contribution in [3.8, 4) is 5.75 Å². The van der Waals surface area contributed by atoms with Crippen LogP contribution in [-0.4, -0.2) is 33.3 Å². The summed E-state index contributed by atoms with van der Waals surface area (Å²) in [5.41, 5.74) is 3.28. The standard InChI is InChI=1S/C23H24N2O4S2/c1-15-4-6-16(7-5-15)20(26)24-17-8-10-19(11-9-17)29-13-12-18-14-30-22(25-18)31-23(2,3)21(27)28/h4-11,14H,12-13H2,1-3H3,(H,24,26)(H,27,28). The van der Waals surface area contributed by atoms with Gasteiger partial charge < -0.3 is 15.2 Å². The lowest BCUT2D eigenvalue weighted by atomic mass is 10.1. The summed E-state index contributed by atoms with van der Waals surface area (Å²) in [6, 6.07) is 14.6. The second kappa shape index (κ2) is 9.98. The van der Waals surface area contributed by atoms with Gasteiger partial charge >= 0.3 is 5.97 Å². The number of nitrogens with one attached hydrogen (secondary N) is 1. The van der Waals surface area contributed by atoms with Crippen LogP contribution in [0, 0.1) is 6.92 Å². The number of aromatic nitrogens is 1. The molecule has 8 heteroatoms. The zero-order valence-electron chi connectivity index (χ0n) is 17.5. The zero-order valence-corrected chi connectivity index (χ0v) is 19.2. The number of anilines is 1. The van der Waals surface area contributed by atoms with E-state index < -0.39 is 10.7 Å². The van der Waals surface area contributed by atoms with Gasteiger partial charge in [0.2, 0.25) is 0 Å². The summed E-state index contributed by atoms with van der Waals surface area (Å²) in [6.07, 6.45) is 0.621. The summed E-state index contributed by atoms with van der Waals surface area (Å²) >= 11 is 2.68. The molecule has 0 aliphatic heterocycles. The maximum absolute atomic E-state index is 12.3. The van der Waals surface area contributed by atoms with Gasteiger partial charge in [0.05, 0.1) is 12.3 Å². The maximum Gasteiger partial charge on any atom is 0.319 e. The minimum absolute atomic E-state index is 0.156. The Morgan fingerprint density at radius 1 is 1.13 bits per heavy atom. The second-order valence-corrected chi connectivity index (χ2v) is 10.2. The fourth-order valence-electron chi connectivity index (χ4n) is 2.53. The van der Waals surface area contributed by atoms with Crippen LogP contribution in [-0.2, 0) is 11.2 Å². The Morgan fingerprint density at radius 3 is 2.45 bits per heavy atom. The third-order valence-corrected chi connectivity index (χ3v) is 6.61. The number of ether oxygens (including phenoxy) is 1. The van der Waals surface area contributed by atoms with E-state index in [0.717, 1.165) is 15.6 Å². The summed E-state index contributed by atoms with van der Waals surface area (Å²) in [4.78, 5) is 28.0. The highest BCUT2D eigenvalue weighted by molar-refractivity contribution is 8.02. The van der Waals surface area contributed by atoms with Gasteiger partial charge in [-0.2, -0.15) is 0 Å². The lowest BCUT2D eigenvalue weighted by Gasteiger charge is -2.15. The van der Waals surface area contributed by atoms with Gasteiger partial charge in [-0.1, -0.05) is 29.5 Å². The molecule has 6 nitrogen and oxygen atoms in total. The van der Waals surface area contributed by atoms with Gasteiger partial charge in [0.15, 0.2) is 4.34 Å². The molecule has 0 spiro atoms. The molecule has 31 heavy (non-hydrogen) atoms. The quantitative estimate of drug-likeness (QED) is 0.426. The van der Waals surface area contributed by atoms with Gasteiger partial charge in [-0.15, -0.1) is 11.3 Å². The van der Waals surface area contributed by atoms with Crippen LogP contribution in [0.1, 0.15) is 35.5 Å². The van der Waals surface area contributed by atoms with Gasteiger partial charge in [0.1, 0.15) is 10.5 Å². The van der Waals surface area contributed by atoms with Crippen molar-refractivity contribution >= 4 is 40.7 Å². The van der Waals surface area contributed by atoms with Crippen molar-refractivity contribution in [1.29, 1.82) is 0 Å². The molecule has 0 unspecified atom stereocenters. The lowest BCUT2D eigenvalue weighted by molar-refractivity contribution is -0.138. The molecular weight excluding hydrogens is 432 g/mol. The molecule has 0 radical (unpaired) electrons. The first-order valence-electron chi connectivity index (χ1n) is 9.70. The monoisotopic (exact) mass is 456 g/mol. The van der Waals surface area contributed by atoms with Crippen molar-refractivity contribution in [2.75, 3.05) is 11.9 Å². The van der Waals surface area contributed by atoms with Gasteiger partial charge in [0, 0.05) is 23.1 Å². The summed E-state index contributed by atoms with van der Waals surface area (Å²) in [6.45, 7) is 5.76. The van der Waals surface area contributed by atoms with Crippen molar-refractivity contribution < 1.29 is 19.4 Å². The summed E-state index contributed by atoms with van der Waals surface area (Å²) < 4.78 is 5.59. The first-order valence-corrected chi connectivity index (χ1v) is 11.4. The van der Waals surface area contributed by atoms with Crippen LogP contribution in [0.3, 0.4) is 0 Å². The van der Waals surface area contributed by atoms with Crippen LogP contribution in [0.15, 0.2) is 58.3 Å². The summed E-state index contributed by atoms with van der Waals surface area (Å²) in [7, 11) is 0. The Kier molecular flexibility index (Phi) is 7.35. The average Bonchev–Trinajstić information content (AvgIpc) is 3.16. The molecule has 3 aromatic rings. The van der Waals surface area contributed by atoms with Crippen molar-refractivity contribution in [2.45, 2.75) is 36.3 Å². The molecule has 0 bridgehead atoms. The number of nitrogens with zero attached hydrogens (tertiary/aromatic N) is 1. The van der Waals surface area contributed by atoms with Crippen LogP contribution in [0.2, 0.25) is 0 Å². The summed E-state index contributed by atoms with van der Waals surface area (Å²) in [5, 5.41) is 14.0. The highest BCUT2D eigenvalue weighted by Crippen LogP contribution is 2.34. The normalized spacial score (nSPS) is 11.2. The third kappa shape index (κ3) is 6.57. The van der Waals surface area contributed by atoms with Gasteiger partial charge in [0.25, 0.3) is 5.91 Å². The largest absolute Gasteiger partial charge is 0.493 e. The van der Waals surface area contributed by atoms with E-state index in [4.69, 9.17) is 4.74 Å². The van der Waals surface area contributed by atoms with E-state index >= 15 is 0 Å². The van der Waals surface area contributed by atoms with E-state index in [1.807, 2.05) is 36.6 Å². The Labute approximate surface area is 189 Å². The van der Waals surface area contributed by atoms with Crippen molar-refractivity contribution in [3.05, 3.63) is 70.7 Å². The highest BCUT2D eigenvalue weighted by Gasteiger charge is 2.29. The number of aryl methyl sites for hydroxylation is 1. The van der Waals surface area contributed by atoms with E-state index in [0.29, 0.717) is 30.0 Å². The Morgan fingerprint density at radius 2 is 1.81 bits per heavy atom. The molecular formula is C23H24N2O4S2. The molecule has 0 saturated heterocycles. The van der Waals surface area contributed by atoms with E-state index in [1.165, 1.54) is 23.1 Å². The number of rotatable bonds is 9. The third-order valence-electron chi connectivity index (χ3n) is 4.44. The summed E-state index contributed by atoms with van der Waals surface area (Å²) in [5.74, 6) is -0.321. The molecule has 0 atom stereocenters. The first-order chi connectivity index (χ1) is 14.7. The number of amides is 1. The number of aliphatic carboxylic acids is 1. The number of carbonyl (C=O) groups excluding carboxylic acids is 1. The van der Waals surface area contributed by atoms with E-state index in [2.05, 4.69) is 10.3 Å². The van der Waals surface area contributed by atoms with Gasteiger partial charge in [-0.25, -0.2) is 4.98 Å². The minimum atomic E-state index is -0.914. The molecule has 1 amide bonds. The first kappa shape index (κ1) is 22.8. The maximum atomic E-state index is 12.3. The lowest BCUT2D eigenvalue weighted by Crippen LogP contribution is -2.26. The fourth-order valence-corrected chi connectivity index (χ4v) is 4.75. The predicted octanol–water partition coefficient (Wildman–Crippen LogP) is 5.28. The van der Waals surface area contributed by atoms with Crippen molar-refractivity contribution in [2.24, 2.45) is 0 Å². The molecule has 0 fully saturated rings. The smallest absolute Gasteiger partial charge is 0.319 e. The van der Waals surface area contributed by atoms with E-state index in [-0.39, 0.29) is 5.91 Å². The number of carboxylic acid groups (broad SMARTS) is 1. The topological polar surface area (TPSA) is 88.5 Å². The molecule has 0 saturated carbocycles. The molecule has 1 aromatic heterocycles. The molecule has 2 aromatic carbocycles. The number of thiazole rings is 1. The Balaban J connectivity index is 1.47. The Bertz CT molecular complexity index is 1040. The predicted molar refractivity (Wildman–Crippen MR) is 124 cm³/mol. The Hall–Kier alpha value is -2.84. The molecule has 0 aliphatic carbocycles. The number of carboxylic acids is 1. The van der Waals surface area contributed by atoms with Gasteiger partial charge in [-0.3, -0.25) is 9.59 Å². The molecule has 162 valence electrons. The van der Waals surface area contributed by atoms with E-state index in [9.17, 15) is 14.7 Å². The second-order valence-electron chi connectivity index (χ2n) is 7.47. The number of thioether (sulfide) groups is 1.